The maximum absolute atomic E-state index is 14.2. The van der Waals surface area contributed by atoms with Crippen molar-refractivity contribution in [2.24, 2.45) is 5.14 Å². The molecule has 1 aromatic heterocycles. The zero-order valence-electron chi connectivity index (χ0n) is 19.7. The molecule has 0 spiro atoms. The molecule has 11 heteroatoms. The Morgan fingerprint density at radius 2 is 1.63 bits per heavy atom. The Kier molecular flexibility index (Phi) is 8.20. The number of hydrogen-bond donors (Lipinski definition) is 2. The summed E-state index contributed by atoms with van der Waals surface area (Å²) in [6.07, 6.45) is -5.02. The third-order valence-electron chi connectivity index (χ3n) is 5.56. The molecule has 2 aromatic carbocycles. The van der Waals surface area contributed by atoms with Gasteiger partial charge in [-0.25, -0.2) is 17.9 Å². The fourth-order valence-corrected chi connectivity index (χ4v) is 4.93. The summed E-state index contributed by atoms with van der Waals surface area (Å²) in [5.41, 5.74) is -5.55. The summed E-state index contributed by atoms with van der Waals surface area (Å²) in [5.74, 6) is -0.868. The molecule has 6 nitrogen and oxygen atoms in total. The van der Waals surface area contributed by atoms with Crippen molar-refractivity contribution in [2.45, 2.75) is 62.7 Å². The van der Waals surface area contributed by atoms with Crippen molar-refractivity contribution in [3.63, 3.8) is 0 Å². The predicted octanol–water partition coefficient (Wildman–Crippen LogP) is 4.48. The number of nitrogens with two attached hydrogens (primary N) is 1. The zero-order valence-corrected chi connectivity index (χ0v) is 20.5. The van der Waals surface area contributed by atoms with E-state index >= 15 is 0 Å². The molecule has 3 N–H and O–H groups in total. The molecule has 1 heterocycles. The molecular weight excluding hydrogens is 488 g/mol. The molecule has 192 valence electrons. The van der Waals surface area contributed by atoms with Gasteiger partial charge in [-0.15, -0.1) is 0 Å². The van der Waals surface area contributed by atoms with E-state index in [-0.39, 0.29) is 16.5 Å². The second-order valence-electron chi connectivity index (χ2n) is 8.60. The third-order valence-corrected chi connectivity index (χ3v) is 6.53. The standard InChI is InChI=1S/C22H22F4N2O4S.C2H6/c1-20(2,16-11-14(23)7-8-19(16)33(27,31)32)12-21(30,22(24,25)26)13-28-10-9-18(29)15-5-3-4-6-17(15)28;1-2/h3-11,30H,12-13H2,1-2H3,(H2,27,31,32);1-2H3. The average molecular weight is 517 g/mol. The Balaban J connectivity index is 0.00000210. The lowest BCUT2D eigenvalue weighted by atomic mass is 9.74. The van der Waals surface area contributed by atoms with Crippen molar-refractivity contribution < 1.29 is 31.1 Å². The van der Waals surface area contributed by atoms with E-state index in [0.717, 1.165) is 35.0 Å². The fourth-order valence-electron chi connectivity index (χ4n) is 4.03. The van der Waals surface area contributed by atoms with Gasteiger partial charge in [0.1, 0.15) is 5.82 Å². The van der Waals surface area contributed by atoms with E-state index in [2.05, 4.69) is 0 Å². The zero-order chi connectivity index (χ0) is 26.8. The van der Waals surface area contributed by atoms with Crippen LogP contribution in [0.3, 0.4) is 0 Å². The molecule has 35 heavy (non-hydrogen) atoms. The summed E-state index contributed by atoms with van der Waals surface area (Å²) < 4.78 is 81.6. The van der Waals surface area contributed by atoms with Crippen molar-refractivity contribution in [3.8, 4) is 0 Å². The van der Waals surface area contributed by atoms with Gasteiger partial charge < -0.3 is 9.67 Å². The lowest BCUT2D eigenvalue weighted by molar-refractivity contribution is -0.271. The van der Waals surface area contributed by atoms with Gasteiger partial charge in [0.15, 0.2) is 11.0 Å². The first-order valence-electron chi connectivity index (χ1n) is 10.8. The summed E-state index contributed by atoms with van der Waals surface area (Å²) in [7, 11) is -4.39. The predicted molar refractivity (Wildman–Crippen MR) is 126 cm³/mol. The number of benzene rings is 2. The van der Waals surface area contributed by atoms with Crippen LogP contribution in [0.2, 0.25) is 0 Å². The normalized spacial score (nSPS) is 14.2. The summed E-state index contributed by atoms with van der Waals surface area (Å²) in [6.45, 7) is 5.54. The number of alkyl halides is 3. The van der Waals surface area contributed by atoms with Gasteiger partial charge in [-0.05, 0) is 47.7 Å². The molecule has 0 aliphatic heterocycles. The van der Waals surface area contributed by atoms with Crippen LogP contribution in [0.1, 0.15) is 39.7 Å². The van der Waals surface area contributed by atoms with E-state index in [1.807, 2.05) is 13.8 Å². The molecule has 0 bridgehead atoms. The van der Waals surface area contributed by atoms with Gasteiger partial charge in [0, 0.05) is 17.6 Å². The fraction of sp³-hybridized carbons (Fsp3) is 0.375. The Morgan fingerprint density at radius 1 is 1.03 bits per heavy atom. The number of nitrogens with zero attached hydrogens (tertiary/aromatic N) is 1. The first-order valence-corrected chi connectivity index (χ1v) is 12.3. The summed E-state index contributed by atoms with van der Waals surface area (Å²) in [4.78, 5) is 11.5. The monoisotopic (exact) mass is 516 g/mol. The molecule has 0 aliphatic carbocycles. The van der Waals surface area contributed by atoms with Crippen LogP contribution in [-0.4, -0.2) is 29.9 Å². The highest BCUT2D eigenvalue weighted by Gasteiger charge is 2.56. The Morgan fingerprint density at radius 3 is 2.20 bits per heavy atom. The van der Waals surface area contributed by atoms with E-state index in [1.165, 1.54) is 26.0 Å². The van der Waals surface area contributed by atoms with Crippen LogP contribution in [0.5, 0.6) is 0 Å². The Bertz CT molecular complexity index is 1370. The second-order valence-corrected chi connectivity index (χ2v) is 10.1. The van der Waals surface area contributed by atoms with E-state index in [0.29, 0.717) is 0 Å². The number of primary sulfonamides is 1. The van der Waals surface area contributed by atoms with Crippen LogP contribution in [0.4, 0.5) is 17.6 Å². The molecule has 3 aromatic rings. The number of aromatic nitrogens is 1. The Hall–Kier alpha value is -2.76. The first kappa shape index (κ1) is 28.5. The maximum Gasteiger partial charge on any atom is 0.418 e. The van der Waals surface area contributed by atoms with Gasteiger partial charge in [0.25, 0.3) is 0 Å². The first-order chi connectivity index (χ1) is 16.1. The SMILES string of the molecule is CC.CC(C)(CC(O)(Cn1ccc(=O)c2ccccc21)C(F)(F)F)c1cc(F)ccc1S(N)(=O)=O. The van der Waals surface area contributed by atoms with Crippen molar-refractivity contribution in [1.82, 2.24) is 4.57 Å². The summed E-state index contributed by atoms with van der Waals surface area (Å²) >= 11 is 0. The molecule has 1 unspecified atom stereocenters. The average Bonchev–Trinajstić information content (AvgIpc) is 2.75. The minimum absolute atomic E-state index is 0.172. The van der Waals surface area contributed by atoms with E-state index in [1.54, 1.807) is 12.1 Å². The molecule has 0 aliphatic rings. The minimum atomic E-state index is -5.15. The lowest BCUT2D eigenvalue weighted by Crippen LogP contribution is -2.52. The van der Waals surface area contributed by atoms with Gasteiger partial charge in [0.2, 0.25) is 10.0 Å². The molecule has 0 saturated carbocycles. The van der Waals surface area contributed by atoms with Crippen molar-refractivity contribution >= 4 is 20.9 Å². The number of aliphatic hydroxyl groups is 1. The van der Waals surface area contributed by atoms with Crippen LogP contribution in [0, 0.1) is 5.82 Å². The van der Waals surface area contributed by atoms with Gasteiger partial charge in [0.05, 0.1) is 17.0 Å². The van der Waals surface area contributed by atoms with Crippen molar-refractivity contribution in [2.75, 3.05) is 0 Å². The lowest BCUT2D eigenvalue weighted by Gasteiger charge is -2.39. The number of rotatable bonds is 6. The number of para-hydroxylation sites is 1. The number of pyridine rings is 1. The van der Waals surface area contributed by atoms with Gasteiger partial charge in [-0.2, -0.15) is 13.2 Å². The second kappa shape index (κ2) is 10.1. The van der Waals surface area contributed by atoms with Crippen LogP contribution in [-0.2, 0) is 22.0 Å². The molecule has 3 rings (SSSR count). The number of hydrogen-bond acceptors (Lipinski definition) is 4. The van der Waals surface area contributed by atoms with Crippen LogP contribution < -0.4 is 10.6 Å². The maximum atomic E-state index is 14.2. The van der Waals surface area contributed by atoms with Crippen molar-refractivity contribution in [3.05, 3.63) is 76.3 Å². The molecule has 0 fully saturated rings. The van der Waals surface area contributed by atoms with E-state index in [4.69, 9.17) is 5.14 Å². The van der Waals surface area contributed by atoms with Gasteiger partial charge in [-0.3, -0.25) is 4.79 Å². The number of halogens is 4. The summed E-state index contributed by atoms with van der Waals surface area (Å²) in [5, 5.41) is 16.2. The molecular formula is C24H28F4N2O4S. The van der Waals surface area contributed by atoms with Crippen LogP contribution in [0.25, 0.3) is 10.9 Å². The highest BCUT2D eigenvalue weighted by atomic mass is 32.2. The Labute approximate surface area is 201 Å². The van der Waals surface area contributed by atoms with E-state index < -0.39 is 56.3 Å². The number of fused-ring (bicyclic) bond motifs is 1. The van der Waals surface area contributed by atoms with Crippen molar-refractivity contribution in [1.29, 1.82) is 0 Å². The molecule has 0 amide bonds. The third kappa shape index (κ3) is 6.09. The van der Waals surface area contributed by atoms with Crippen LogP contribution >= 0.6 is 0 Å². The molecule has 0 radical (unpaired) electrons. The largest absolute Gasteiger partial charge is 0.418 e. The quantitative estimate of drug-likeness (QED) is 0.472. The smallest absolute Gasteiger partial charge is 0.379 e. The highest BCUT2D eigenvalue weighted by Crippen LogP contribution is 2.43. The molecule has 1 atom stereocenters. The van der Waals surface area contributed by atoms with E-state index in [9.17, 15) is 35.9 Å². The van der Waals surface area contributed by atoms with Gasteiger partial charge in [-0.1, -0.05) is 39.8 Å². The highest BCUT2D eigenvalue weighted by molar-refractivity contribution is 7.89. The topological polar surface area (TPSA) is 102 Å². The summed E-state index contributed by atoms with van der Waals surface area (Å²) in [6, 6.07) is 9.61. The minimum Gasteiger partial charge on any atom is -0.379 e. The number of sulfonamides is 1. The van der Waals surface area contributed by atoms with Gasteiger partial charge >= 0.3 is 6.18 Å². The molecule has 0 saturated heterocycles. The van der Waals surface area contributed by atoms with Crippen LogP contribution in [0.15, 0.2) is 64.4 Å².